The van der Waals surface area contributed by atoms with Gasteiger partial charge in [0.25, 0.3) is 10.0 Å². The highest BCUT2D eigenvalue weighted by atomic mass is 35.5. The molecule has 0 N–H and O–H groups in total. The van der Waals surface area contributed by atoms with Crippen LogP contribution in [-0.4, -0.2) is 24.6 Å². The molecule has 1 aromatic rings. The van der Waals surface area contributed by atoms with Gasteiger partial charge in [-0.2, -0.15) is 0 Å². The van der Waals surface area contributed by atoms with Crippen LogP contribution in [0, 0.1) is 13.8 Å². The van der Waals surface area contributed by atoms with E-state index in [1.54, 1.807) is 13.0 Å². The second-order valence-electron chi connectivity index (χ2n) is 3.98. The molecular weight excluding hydrogens is 260 g/mol. The second kappa shape index (κ2) is 3.99. The molecule has 1 aromatic carbocycles. The van der Waals surface area contributed by atoms with Gasteiger partial charge in [-0.1, -0.05) is 6.07 Å². The Hall–Kier alpha value is -1.07. The van der Waals surface area contributed by atoms with E-state index in [0.717, 1.165) is 15.4 Å². The van der Waals surface area contributed by atoms with E-state index in [9.17, 15) is 8.42 Å². The van der Waals surface area contributed by atoms with E-state index in [0.29, 0.717) is 5.69 Å². The summed E-state index contributed by atoms with van der Waals surface area (Å²) < 4.78 is 25.7. The van der Waals surface area contributed by atoms with Crippen molar-refractivity contribution in [3.63, 3.8) is 0 Å². The molecule has 1 aliphatic rings. The molecule has 2 rings (SSSR count). The van der Waals surface area contributed by atoms with Crippen LogP contribution >= 0.6 is 11.6 Å². The molecule has 4 nitrogen and oxygen atoms in total. The summed E-state index contributed by atoms with van der Waals surface area (Å²) in [5.41, 5.74) is 2.16. The Morgan fingerprint density at radius 3 is 2.59 bits per heavy atom. The third-order valence-electron chi connectivity index (χ3n) is 2.67. The predicted octanol–water partition coefficient (Wildman–Crippen LogP) is 2.55. The van der Waals surface area contributed by atoms with E-state index in [1.807, 2.05) is 19.9 Å². The fourth-order valence-corrected chi connectivity index (χ4v) is 4.01. The van der Waals surface area contributed by atoms with Gasteiger partial charge in [0.15, 0.2) is 0 Å². The zero-order chi connectivity index (χ0) is 12.8. The summed E-state index contributed by atoms with van der Waals surface area (Å²) >= 11 is 5.90. The van der Waals surface area contributed by atoms with Crippen molar-refractivity contribution >= 4 is 32.6 Å². The van der Waals surface area contributed by atoms with Crippen molar-refractivity contribution in [2.24, 2.45) is 4.99 Å². The number of nitrogens with zero attached hydrogens (tertiary/aromatic N) is 2. The molecule has 92 valence electrons. The molecule has 0 spiro atoms. The lowest BCUT2D eigenvalue weighted by Gasteiger charge is -2.26. The summed E-state index contributed by atoms with van der Waals surface area (Å²) in [5, 5.41) is 0.00644. The lowest BCUT2D eigenvalue weighted by atomic mass is 10.1. The van der Waals surface area contributed by atoms with Gasteiger partial charge in [0.2, 0.25) is 5.29 Å². The second-order valence-corrected chi connectivity index (χ2v) is 6.15. The summed E-state index contributed by atoms with van der Waals surface area (Å²) in [6, 6.07) is 3.52. The van der Waals surface area contributed by atoms with Crippen LogP contribution < -0.4 is 0 Å². The van der Waals surface area contributed by atoms with Crippen LogP contribution in [0.1, 0.15) is 18.1 Å². The number of rotatable bonds is 1. The van der Waals surface area contributed by atoms with Crippen molar-refractivity contribution in [2.45, 2.75) is 25.7 Å². The molecule has 0 bridgehead atoms. The summed E-state index contributed by atoms with van der Waals surface area (Å²) in [4.78, 5) is 4.40. The third-order valence-corrected chi connectivity index (χ3v) is 4.94. The van der Waals surface area contributed by atoms with Crippen molar-refractivity contribution in [1.82, 2.24) is 4.31 Å². The quantitative estimate of drug-likeness (QED) is 0.738. The largest absolute Gasteiger partial charge is 0.268 e. The van der Waals surface area contributed by atoms with Gasteiger partial charge >= 0.3 is 0 Å². The molecule has 0 saturated heterocycles. The van der Waals surface area contributed by atoms with Crippen LogP contribution in [0.4, 0.5) is 5.69 Å². The van der Waals surface area contributed by atoms with Crippen LogP contribution in [0.25, 0.3) is 0 Å². The van der Waals surface area contributed by atoms with Gasteiger partial charge in [-0.15, -0.1) is 0 Å². The molecule has 0 fully saturated rings. The highest BCUT2D eigenvalue weighted by Crippen LogP contribution is 2.36. The average molecular weight is 273 g/mol. The molecule has 6 heteroatoms. The number of benzene rings is 1. The molecule has 0 radical (unpaired) electrons. The Morgan fingerprint density at radius 2 is 2.00 bits per heavy atom. The van der Waals surface area contributed by atoms with Crippen LogP contribution in [0.3, 0.4) is 0 Å². The van der Waals surface area contributed by atoms with E-state index in [4.69, 9.17) is 11.6 Å². The van der Waals surface area contributed by atoms with Crippen LogP contribution in [0.15, 0.2) is 22.0 Å². The number of aliphatic imine (C=N–C) groups is 1. The first-order chi connectivity index (χ1) is 7.87. The van der Waals surface area contributed by atoms with Crippen LogP contribution in [0.5, 0.6) is 0 Å². The maximum atomic E-state index is 12.3. The number of sulfonamides is 1. The Balaban J connectivity index is 2.82. The highest BCUT2D eigenvalue weighted by Gasteiger charge is 2.33. The van der Waals surface area contributed by atoms with Gasteiger partial charge in [0.05, 0.1) is 5.69 Å². The number of hydrogen-bond acceptors (Lipinski definition) is 3. The lowest BCUT2D eigenvalue weighted by Crippen LogP contribution is -2.36. The number of aryl methyl sites for hydroxylation is 2. The number of halogens is 1. The molecule has 0 aliphatic carbocycles. The maximum absolute atomic E-state index is 12.3. The summed E-state index contributed by atoms with van der Waals surface area (Å²) in [7, 11) is -3.56. The summed E-state index contributed by atoms with van der Waals surface area (Å²) in [6.07, 6.45) is 0. The zero-order valence-corrected chi connectivity index (χ0v) is 11.4. The smallest absolute Gasteiger partial charge is 0.240 e. The minimum Gasteiger partial charge on any atom is -0.240 e. The molecule has 0 unspecified atom stereocenters. The van der Waals surface area contributed by atoms with Gasteiger partial charge in [-0.25, -0.2) is 17.7 Å². The normalized spacial score (nSPS) is 17.6. The topological polar surface area (TPSA) is 49.7 Å². The first kappa shape index (κ1) is 12.4. The fourth-order valence-electron chi connectivity index (χ4n) is 1.93. The number of hydrogen-bond donors (Lipinski definition) is 0. The minimum absolute atomic E-state index is 0.00644. The molecular formula is C11H13ClN2O2S. The average Bonchev–Trinajstić information content (AvgIpc) is 2.20. The minimum atomic E-state index is -3.56. The van der Waals surface area contributed by atoms with Crippen molar-refractivity contribution < 1.29 is 8.42 Å². The van der Waals surface area contributed by atoms with E-state index in [2.05, 4.69) is 4.99 Å². The van der Waals surface area contributed by atoms with Crippen molar-refractivity contribution in [2.75, 3.05) is 6.54 Å². The van der Waals surface area contributed by atoms with E-state index in [-0.39, 0.29) is 16.7 Å². The van der Waals surface area contributed by atoms with Gasteiger partial charge in [-0.05, 0) is 49.6 Å². The van der Waals surface area contributed by atoms with Gasteiger partial charge in [-0.3, -0.25) is 0 Å². The zero-order valence-electron chi connectivity index (χ0n) is 9.86. The van der Waals surface area contributed by atoms with Gasteiger partial charge in [0, 0.05) is 6.54 Å². The molecule has 0 amide bonds. The Morgan fingerprint density at radius 1 is 1.35 bits per heavy atom. The highest BCUT2D eigenvalue weighted by molar-refractivity contribution is 7.90. The Labute approximate surface area is 106 Å². The summed E-state index contributed by atoms with van der Waals surface area (Å²) in [6.45, 7) is 5.69. The SMILES string of the molecule is CCN1C(Cl)=Nc2c(C)cc(C)cc2S1(=O)=O. The van der Waals surface area contributed by atoms with E-state index < -0.39 is 10.0 Å². The van der Waals surface area contributed by atoms with E-state index >= 15 is 0 Å². The van der Waals surface area contributed by atoms with Gasteiger partial charge in [0.1, 0.15) is 4.90 Å². The molecule has 17 heavy (non-hydrogen) atoms. The fraction of sp³-hybridized carbons (Fsp3) is 0.364. The number of fused-ring (bicyclic) bond motifs is 1. The lowest BCUT2D eigenvalue weighted by molar-refractivity contribution is 0.531. The monoisotopic (exact) mass is 272 g/mol. The number of amidine groups is 1. The van der Waals surface area contributed by atoms with Crippen molar-refractivity contribution in [3.05, 3.63) is 23.3 Å². The molecule has 1 aliphatic heterocycles. The molecule has 0 atom stereocenters. The van der Waals surface area contributed by atoms with Crippen molar-refractivity contribution in [3.8, 4) is 0 Å². The first-order valence-electron chi connectivity index (χ1n) is 5.26. The van der Waals surface area contributed by atoms with E-state index in [1.165, 1.54) is 0 Å². The van der Waals surface area contributed by atoms with Crippen molar-refractivity contribution in [1.29, 1.82) is 0 Å². The molecule has 0 aromatic heterocycles. The third kappa shape index (κ3) is 1.83. The Bertz CT molecular complexity index is 608. The maximum Gasteiger partial charge on any atom is 0.268 e. The van der Waals surface area contributed by atoms with Crippen LogP contribution in [0.2, 0.25) is 0 Å². The standard InChI is InChI=1S/C11H13ClN2O2S/c1-4-14-11(12)13-10-8(3)5-7(2)6-9(10)17(14,15)16/h5-6H,4H2,1-3H3. The molecule has 1 heterocycles. The Kier molecular flexibility index (Phi) is 2.91. The van der Waals surface area contributed by atoms with Gasteiger partial charge < -0.3 is 0 Å². The van der Waals surface area contributed by atoms with Crippen LogP contribution in [-0.2, 0) is 10.0 Å². The molecule has 0 saturated carbocycles. The predicted molar refractivity (Wildman–Crippen MR) is 68.4 cm³/mol. The first-order valence-corrected chi connectivity index (χ1v) is 7.08. The summed E-state index contributed by atoms with van der Waals surface area (Å²) in [5.74, 6) is 0.